The van der Waals surface area contributed by atoms with Crippen LogP contribution in [-0.4, -0.2) is 45.2 Å². The topological polar surface area (TPSA) is 96.2 Å². The summed E-state index contributed by atoms with van der Waals surface area (Å²) in [4.78, 5) is 20.6. The zero-order chi connectivity index (χ0) is 23.9. The number of nitrogens with one attached hydrogen (secondary N) is 2. The molecule has 1 amide bonds. The van der Waals surface area contributed by atoms with Gasteiger partial charge in [-0.15, -0.1) is 0 Å². The molecule has 0 spiro atoms. The van der Waals surface area contributed by atoms with Gasteiger partial charge in [0.2, 0.25) is 5.91 Å². The lowest BCUT2D eigenvalue weighted by atomic mass is 9.92. The van der Waals surface area contributed by atoms with Crippen molar-refractivity contribution in [2.45, 2.75) is 50.4 Å². The second-order valence-electron chi connectivity index (χ2n) is 6.95. The molecule has 0 radical (unpaired) electrons. The van der Waals surface area contributed by atoms with Gasteiger partial charge in [0.15, 0.2) is 0 Å². The third-order valence-electron chi connectivity index (χ3n) is 4.40. The minimum Gasteiger partial charge on any atom is -0.475 e. The number of alkyl halides is 6. The Bertz CT molecular complexity index is 898. The second kappa shape index (κ2) is 10.5. The summed E-state index contributed by atoms with van der Waals surface area (Å²) < 4.78 is 69.8. The number of hydrogen-bond donors (Lipinski definition) is 3. The van der Waals surface area contributed by atoms with E-state index in [0.717, 1.165) is 10.2 Å². The van der Waals surface area contributed by atoms with Gasteiger partial charge in [-0.3, -0.25) is 9.48 Å². The van der Waals surface area contributed by atoms with E-state index in [4.69, 9.17) is 9.90 Å². The maximum Gasteiger partial charge on any atom is 0.490 e. The first-order chi connectivity index (χ1) is 14.8. The van der Waals surface area contributed by atoms with Crippen LogP contribution in [0.1, 0.15) is 30.0 Å². The third-order valence-corrected chi connectivity index (χ3v) is 4.40. The molecule has 7 nitrogen and oxygen atoms in total. The van der Waals surface area contributed by atoms with E-state index in [0.29, 0.717) is 24.9 Å². The summed E-state index contributed by atoms with van der Waals surface area (Å²) in [6.07, 6.45) is -5.46. The molecule has 2 heterocycles. The van der Waals surface area contributed by atoms with Gasteiger partial charge in [-0.1, -0.05) is 30.3 Å². The van der Waals surface area contributed by atoms with Gasteiger partial charge < -0.3 is 15.7 Å². The first-order valence-corrected chi connectivity index (χ1v) is 9.31. The minimum absolute atomic E-state index is 0.00454. The van der Waals surface area contributed by atoms with E-state index in [1.54, 1.807) is 0 Å². The molecule has 3 N–H and O–H groups in total. The van der Waals surface area contributed by atoms with Crippen molar-refractivity contribution in [1.82, 2.24) is 20.4 Å². The van der Waals surface area contributed by atoms with E-state index in [1.807, 2.05) is 30.3 Å². The number of carboxylic acid groups (broad SMARTS) is 1. The fourth-order valence-electron chi connectivity index (χ4n) is 3.01. The number of aliphatic carboxylic acids is 1. The highest BCUT2D eigenvalue weighted by Crippen LogP contribution is 2.24. The lowest BCUT2D eigenvalue weighted by Crippen LogP contribution is -2.48. The Labute approximate surface area is 178 Å². The van der Waals surface area contributed by atoms with E-state index in [9.17, 15) is 31.1 Å². The van der Waals surface area contributed by atoms with Crippen LogP contribution in [0, 0.1) is 0 Å². The maximum absolute atomic E-state index is 12.4. The molecule has 1 aliphatic heterocycles. The van der Waals surface area contributed by atoms with Gasteiger partial charge in [0.25, 0.3) is 0 Å². The third kappa shape index (κ3) is 8.21. The maximum atomic E-state index is 12.4. The van der Waals surface area contributed by atoms with Crippen molar-refractivity contribution in [1.29, 1.82) is 0 Å². The van der Waals surface area contributed by atoms with Gasteiger partial charge in [-0.25, -0.2) is 4.79 Å². The van der Waals surface area contributed by atoms with Crippen molar-refractivity contribution < 1.29 is 41.0 Å². The van der Waals surface area contributed by atoms with Crippen molar-refractivity contribution in [2.75, 3.05) is 0 Å². The van der Waals surface area contributed by atoms with Gasteiger partial charge in [-0.05, 0) is 12.0 Å². The second-order valence-corrected chi connectivity index (χ2v) is 6.95. The van der Waals surface area contributed by atoms with Crippen LogP contribution in [0.15, 0.2) is 42.7 Å². The van der Waals surface area contributed by atoms with Crippen molar-refractivity contribution in [2.24, 2.45) is 0 Å². The van der Waals surface area contributed by atoms with Gasteiger partial charge >= 0.3 is 18.3 Å². The summed E-state index contributed by atoms with van der Waals surface area (Å²) in [7, 11) is 0. The number of carbonyl (C=O) groups excluding carboxylic acids is 1. The summed E-state index contributed by atoms with van der Waals surface area (Å²) in [5.41, 5.74) is 1.67. The predicted octanol–water partition coefficient (Wildman–Crippen LogP) is 3.19. The smallest absolute Gasteiger partial charge is 0.475 e. The summed E-state index contributed by atoms with van der Waals surface area (Å²) in [6, 6.07) is 9.48. The molecule has 176 valence electrons. The number of nitrogens with zero attached hydrogens (tertiary/aromatic N) is 2. The van der Waals surface area contributed by atoms with Crippen LogP contribution >= 0.6 is 0 Å². The lowest BCUT2D eigenvalue weighted by molar-refractivity contribution is -0.192. The Morgan fingerprint density at radius 1 is 1.19 bits per heavy atom. The average Bonchev–Trinajstić information content (AvgIpc) is 3.13. The number of amides is 1. The first-order valence-electron chi connectivity index (χ1n) is 9.31. The molecule has 3 rings (SSSR count). The van der Waals surface area contributed by atoms with Crippen molar-refractivity contribution >= 4 is 11.9 Å². The van der Waals surface area contributed by atoms with E-state index in [2.05, 4.69) is 15.7 Å². The molecule has 1 aliphatic rings. The molecule has 0 unspecified atom stereocenters. The number of piperidine rings is 1. The molecular weight excluding hydrogens is 446 g/mol. The Hall–Kier alpha value is -3.09. The predicted molar refractivity (Wildman–Crippen MR) is 99.2 cm³/mol. The lowest BCUT2D eigenvalue weighted by Gasteiger charge is -2.33. The highest BCUT2D eigenvalue weighted by molar-refractivity contribution is 5.77. The van der Waals surface area contributed by atoms with Crippen LogP contribution < -0.4 is 10.6 Å². The van der Waals surface area contributed by atoms with Crippen LogP contribution in [0.25, 0.3) is 0 Å². The van der Waals surface area contributed by atoms with E-state index in [-0.39, 0.29) is 18.0 Å². The fraction of sp³-hybridized carbons (Fsp3) is 0.421. The summed E-state index contributed by atoms with van der Waals surface area (Å²) in [6.45, 7) is -0.707. The quantitative estimate of drug-likeness (QED) is 0.589. The molecule has 0 aliphatic carbocycles. The van der Waals surface area contributed by atoms with E-state index < -0.39 is 24.9 Å². The van der Waals surface area contributed by atoms with Crippen molar-refractivity contribution in [3.05, 3.63) is 53.9 Å². The largest absolute Gasteiger partial charge is 0.490 e. The molecule has 1 saturated heterocycles. The van der Waals surface area contributed by atoms with Crippen LogP contribution in [0.3, 0.4) is 0 Å². The Balaban J connectivity index is 0.000000451. The number of carboxylic acids is 1. The molecule has 1 aromatic heterocycles. The SMILES string of the molecule is O=C(O)C(F)(F)F.O=C1CC[C@@H](NCc2cnn(CC(F)(F)F)c2)[C@H](c2ccccc2)N1. The van der Waals surface area contributed by atoms with E-state index in [1.165, 1.54) is 12.4 Å². The number of halogens is 6. The Kier molecular flexibility index (Phi) is 8.25. The number of carbonyl (C=O) groups is 2. The zero-order valence-electron chi connectivity index (χ0n) is 16.5. The molecule has 0 bridgehead atoms. The van der Waals surface area contributed by atoms with Crippen LogP contribution in [0.5, 0.6) is 0 Å². The standard InChI is InChI=1S/C17H19F3N4O.C2HF3O2/c18-17(19,20)11-24-10-12(9-22-24)8-21-14-6-7-15(25)23-16(14)13-4-2-1-3-5-13;3-2(4,5)1(6)7/h1-5,9-10,14,16,21H,6-8,11H2,(H,23,25);(H,6,7)/t14-,16+;/m1./s1. The summed E-state index contributed by atoms with van der Waals surface area (Å²) in [5, 5.41) is 17.2. The van der Waals surface area contributed by atoms with Gasteiger partial charge in [-0.2, -0.15) is 31.4 Å². The average molecular weight is 466 g/mol. The molecule has 13 heteroatoms. The molecule has 1 fully saturated rings. The van der Waals surface area contributed by atoms with Crippen LogP contribution in [-0.2, 0) is 22.7 Å². The minimum atomic E-state index is -5.08. The highest BCUT2D eigenvalue weighted by atomic mass is 19.4. The van der Waals surface area contributed by atoms with Crippen LogP contribution in [0.2, 0.25) is 0 Å². The molecule has 32 heavy (non-hydrogen) atoms. The number of benzene rings is 1. The van der Waals surface area contributed by atoms with E-state index >= 15 is 0 Å². The highest BCUT2D eigenvalue weighted by Gasteiger charge is 2.38. The van der Waals surface area contributed by atoms with Crippen LogP contribution in [0.4, 0.5) is 26.3 Å². The van der Waals surface area contributed by atoms with Gasteiger partial charge in [0.1, 0.15) is 6.54 Å². The van der Waals surface area contributed by atoms with Crippen molar-refractivity contribution in [3.63, 3.8) is 0 Å². The van der Waals surface area contributed by atoms with Gasteiger partial charge in [0.05, 0.1) is 12.2 Å². The summed E-state index contributed by atoms with van der Waals surface area (Å²) in [5.74, 6) is -2.75. The zero-order valence-corrected chi connectivity index (χ0v) is 16.5. The number of rotatable bonds is 5. The molecule has 2 aromatic rings. The van der Waals surface area contributed by atoms with Gasteiger partial charge in [0, 0.05) is 30.8 Å². The van der Waals surface area contributed by atoms with Crippen molar-refractivity contribution in [3.8, 4) is 0 Å². The molecular formula is C19H20F6N4O3. The normalized spacial score (nSPS) is 19.0. The molecule has 0 saturated carbocycles. The Morgan fingerprint density at radius 3 is 2.38 bits per heavy atom. The Morgan fingerprint density at radius 2 is 1.81 bits per heavy atom. The molecule has 1 aromatic carbocycles. The monoisotopic (exact) mass is 466 g/mol. The first kappa shape index (κ1) is 25.2. The number of aromatic nitrogens is 2. The number of hydrogen-bond acceptors (Lipinski definition) is 4. The fourth-order valence-corrected chi connectivity index (χ4v) is 3.01. The molecule has 2 atom stereocenters. The summed E-state index contributed by atoms with van der Waals surface area (Å²) >= 11 is 0.